The van der Waals surface area contributed by atoms with Crippen molar-refractivity contribution in [3.8, 4) is 5.75 Å². The average molecular weight is 353 g/mol. The lowest BCUT2D eigenvalue weighted by Crippen LogP contribution is -2.28. The molecule has 0 saturated carbocycles. The van der Waals surface area contributed by atoms with Crippen molar-refractivity contribution in [3.63, 3.8) is 0 Å². The maximum absolute atomic E-state index is 13.7. The van der Waals surface area contributed by atoms with Crippen molar-refractivity contribution < 1.29 is 21.9 Å². The van der Waals surface area contributed by atoms with E-state index in [1.165, 1.54) is 12.3 Å². The summed E-state index contributed by atoms with van der Waals surface area (Å²) in [5, 5.41) is -0.268. The van der Waals surface area contributed by atoms with E-state index >= 15 is 0 Å². The van der Waals surface area contributed by atoms with E-state index in [9.17, 15) is 17.2 Å². The minimum atomic E-state index is -3.52. The second-order valence-corrected chi connectivity index (χ2v) is 7.26. The fourth-order valence-corrected chi connectivity index (χ4v) is 2.74. The van der Waals surface area contributed by atoms with Gasteiger partial charge in [0.25, 0.3) is 0 Å². The van der Waals surface area contributed by atoms with Gasteiger partial charge in [0.1, 0.15) is 17.4 Å². The fraction of sp³-hybridized carbons (Fsp3) is 0.200. The number of aromatic nitrogens is 2. The van der Waals surface area contributed by atoms with E-state index in [1.54, 1.807) is 18.0 Å². The van der Waals surface area contributed by atoms with Crippen LogP contribution in [0.4, 0.5) is 14.6 Å². The van der Waals surface area contributed by atoms with E-state index in [-0.39, 0.29) is 17.5 Å². The van der Waals surface area contributed by atoms with Gasteiger partial charge < -0.3 is 9.64 Å². The van der Waals surface area contributed by atoms with Crippen LogP contribution in [-0.4, -0.2) is 38.2 Å². The first-order chi connectivity index (χ1) is 11.2. The molecule has 9 heteroatoms. The van der Waals surface area contributed by atoms with Gasteiger partial charge in [-0.05, 0) is 18.2 Å². The van der Waals surface area contributed by atoms with Crippen molar-refractivity contribution in [2.24, 2.45) is 0 Å². The Kier molecular flexibility index (Phi) is 3.96. The van der Waals surface area contributed by atoms with Crippen LogP contribution < -0.4 is 9.64 Å². The summed E-state index contributed by atoms with van der Waals surface area (Å²) in [6.45, 7) is 0.240. The van der Waals surface area contributed by atoms with Crippen LogP contribution in [0, 0.1) is 11.6 Å². The fourth-order valence-electron chi connectivity index (χ4n) is 2.24. The normalized spacial score (nSPS) is 14.2. The van der Waals surface area contributed by atoms with Crippen molar-refractivity contribution in [2.45, 2.75) is 5.16 Å². The van der Waals surface area contributed by atoms with Crippen molar-refractivity contribution >= 4 is 21.7 Å². The van der Waals surface area contributed by atoms with Crippen LogP contribution in [0.5, 0.6) is 5.75 Å². The van der Waals surface area contributed by atoms with Crippen LogP contribution in [0.3, 0.4) is 0 Å². The highest BCUT2D eigenvalue weighted by molar-refractivity contribution is 7.90. The van der Waals surface area contributed by atoms with Crippen molar-refractivity contribution in [1.29, 1.82) is 0 Å². The highest BCUT2D eigenvalue weighted by atomic mass is 32.2. The molecule has 2 heterocycles. The molecule has 0 bridgehead atoms. The van der Waals surface area contributed by atoms with Gasteiger partial charge in [0.15, 0.2) is 11.6 Å². The minimum Gasteiger partial charge on any atom is -0.457 e. The molecular weight excluding hydrogens is 340 g/mol. The predicted molar refractivity (Wildman–Crippen MR) is 83.4 cm³/mol. The van der Waals surface area contributed by atoms with Gasteiger partial charge in [-0.3, -0.25) is 0 Å². The van der Waals surface area contributed by atoms with Gasteiger partial charge in [-0.25, -0.2) is 27.2 Å². The molecule has 0 amide bonds. The number of fused-ring (bicyclic) bond motifs is 1. The smallest absolute Gasteiger partial charge is 0.248 e. The summed E-state index contributed by atoms with van der Waals surface area (Å²) < 4.78 is 55.2. The average Bonchev–Trinajstić information content (AvgIpc) is 2.49. The van der Waals surface area contributed by atoms with Crippen LogP contribution in [0.25, 0.3) is 6.08 Å². The maximum atomic E-state index is 13.7. The van der Waals surface area contributed by atoms with E-state index in [4.69, 9.17) is 4.74 Å². The summed E-state index contributed by atoms with van der Waals surface area (Å²) in [5.74, 6) is -0.786. The third-order valence-electron chi connectivity index (χ3n) is 3.31. The second-order valence-electron chi connectivity index (χ2n) is 5.35. The number of likely N-dealkylation sites (N-methyl/N-ethyl adjacent to an activating group) is 1. The zero-order valence-electron chi connectivity index (χ0n) is 12.8. The van der Waals surface area contributed by atoms with Gasteiger partial charge in [0.05, 0.1) is 6.54 Å². The molecule has 1 aromatic heterocycles. The standard InChI is InChI=1S/C15H13F2N3O3S/c1-20-8-11(23-13-4-3-10(16)6-12(13)17)5-9-7-18-15(19-14(9)20)24(2,21)22/h3-7H,8H2,1-2H3. The first-order valence-electron chi connectivity index (χ1n) is 6.86. The molecule has 0 atom stereocenters. The quantitative estimate of drug-likeness (QED) is 0.786. The van der Waals surface area contributed by atoms with E-state index in [0.29, 0.717) is 17.1 Å². The van der Waals surface area contributed by atoms with Crippen molar-refractivity contribution in [2.75, 3.05) is 24.7 Å². The number of hydrogen-bond acceptors (Lipinski definition) is 6. The zero-order chi connectivity index (χ0) is 17.5. The lowest BCUT2D eigenvalue weighted by molar-refractivity contribution is 0.388. The molecule has 3 rings (SSSR count). The van der Waals surface area contributed by atoms with Gasteiger partial charge in [0.2, 0.25) is 15.0 Å². The molecule has 1 aromatic carbocycles. The first-order valence-corrected chi connectivity index (χ1v) is 8.75. The molecule has 2 aromatic rings. The first kappa shape index (κ1) is 16.3. The van der Waals surface area contributed by atoms with Crippen LogP contribution in [0.1, 0.15) is 5.56 Å². The van der Waals surface area contributed by atoms with Gasteiger partial charge in [-0.2, -0.15) is 0 Å². The Bertz CT molecular complexity index is 945. The summed E-state index contributed by atoms with van der Waals surface area (Å²) in [4.78, 5) is 9.51. The van der Waals surface area contributed by atoms with Gasteiger partial charge >= 0.3 is 0 Å². The molecular formula is C15H13F2N3O3S. The number of benzene rings is 1. The third kappa shape index (κ3) is 3.21. The summed E-state index contributed by atoms with van der Waals surface area (Å²) in [7, 11) is -1.83. The lowest BCUT2D eigenvalue weighted by Gasteiger charge is -2.26. The Morgan fingerprint density at radius 2 is 2.04 bits per heavy atom. The monoisotopic (exact) mass is 353 g/mol. The third-order valence-corrected chi connectivity index (χ3v) is 4.17. The number of nitrogens with zero attached hydrogens (tertiary/aromatic N) is 3. The molecule has 6 nitrogen and oxygen atoms in total. The Morgan fingerprint density at radius 3 is 2.71 bits per heavy atom. The Hall–Kier alpha value is -2.55. The number of sulfone groups is 1. The molecule has 0 radical (unpaired) electrons. The molecule has 0 unspecified atom stereocenters. The van der Waals surface area contributed by atoms with Crippen LogP contribution in [-0.2, 0) is 9.84 Å². The van der Waals surface area contributed by atoms with E-state index in [1.807, 2.05) is 0 Å². The minimum absolute atomic E-state index is 0.104. The molecule has 126 valence electrons. The lowest BCUT2D eigenvalue weighted by atomic mass is 10.2. The number of ether oxygens (including phenoxy) is 1. The van der Waals surface area contributed by atoms with E-state index < -0.39 is 21.5 Å². The summed E-state index contributed by atoms with van der Waals surface area (Å²) in [6.07, 6.45) is 3.97. The Balaban J connectivity index is 1.95. The molecule has 0 spiro atoms. The molecule has 0 N–H and O–H groups in total. The summed E-state index contributed by atoms with van der Waals surface area (Å²) in [6, 6.07) is 3.03. The van der Waals surface area contributed by atoms with E-state index in [0.717, 1.165) is 18.4 Å². The predicted octanol–water partition coefficient (Wildman–Crippen LogP) is 2.03. The molecule has 24 heavy (non-hydrogen) atoms. The Labute approximate surface area is 137 Å². The van der Waals surface area contributed by atoms with Crippen LogP contribution in [0.2, 0.25) is 0 Å². The number of rotatable bonds is 3. The zero-order valence-corrected chi connectivity index (χ0v) is 13.6. The summed E-state index contributed by atoms with van der Waals surface area (Å²) in [5.41, 5.74) is 0.536. The second kappa shape index (κ2) is 5.82. The molecule has 0 fully saturated rings. The molecule has 1 aliphatic heterocycles. The van der Waals surface area contributed by atoms with Gasteiger partial charge in [-0.15, -0.1) is 0 Å². The van der Waals surface area contributed by atoms with Gasteiger partial charge in [0, 0.05) is 31.1 Å². The largest absolute Gasteiger partial charge is 0.457 e. The molecule has 0 aliphatic carbocycles. The number of hydrogen-bond donors (Lipinski definition) is 0. The summed E-state index contributed by atoms with van der Waals surface area (Å²) >= 11 is 0. The van der Waals surface area contributed by atoms with Crippen LogP contribution in [0.15, 0.2) is 35.3 Å². The highest BCUT2D eigenvalue weighted by Gasteiger charge is 2.22. The number of halogens is 2. The van der Waals surface area contributed by atoms with Gasteiger partial charge in [-0.1, -0.05) is 0 Å². The van der Waals surface area contributed by atoms with Crippen molar-refractivity contribution in [1.82, 2.24) is 9.97 Å². The molecule has 0 saturated heterocycles. The number of anilines is 1. The van der Waals surface area contributed by atoms with Crippen molar-refractivity contribution in [3.05, 3.63) is 47.4 Å². The van der Waals surface area contributed by atoms with E-state index in [2.05, 4.69) is 9.97 Å². The topological polar surface area (TPSA) is 72.4 Å². The Morgan fingerprint density at radius 1 is 1.29 bits per heavy atom. The molecule has 1 aliphatic rings. The van der Waals surface area contributed by atoms with Crippen LogP contribution >= 0.6 is 0 Å². The maximum Gasteiger partial charge on any atom is 0.248 e. The highest BCUT2D eigenvalue weighted by Crippen LogP contribution is 2.28. The SMILES string of the molecule is CN1CC(Oc2ccc(F)cc2F)=Cc2cnc(S(C)(=O)=O)nc21.